The smallest absolute Gasteiger partial charge is 0.238 e. The molecule has 0 bridgehead atoms. The van der Waals surface area contributed by atoms with Gasteiger partial charge in [-0.1, -0.05) is 23.4 Å². The normalized spacial score (nSPS) is 12.3. The second-order valence-electron chi connectivity index (χ2n) is 6.84. The summed E-state index contributed by atoms with van der Waals surface area (Å²) in [6, 6.07) is 13.9. The minimum absolute atomic E-state index is 0.0229. The summed E-state index contributed by atoms with van der Waals surface area (Å²) in [5.41, 5.74) is 1.17. The Hall–Kier alpha value is -3.35. The molecule has 3 heterocycles. The van der Waals surface area contributed by atoms with Crippen LogP contribution >= 0.6 is 0 Å². The van der Waals surface area contributed by atoms with Crippen molar-refractivity contribution in [3.05, 3.63) is 60.8 Å². The fourth-order valence-corrected chi connectivity index (χ4v) is 3.25. The van der Waals surface area contributed by atoms with Crippen molar-refractivity contribution in [3.8, 4) is 11.6 Å². The highest BCUT2D eigenvalue weighted by Crippen LogP contribution is 2.17. The lowest BCUT2D eigenvalue weighted by Gasteiger charge is -2.15. The van der Waals surface area contributed by atoms with Gasteiger partial charge < -0.3 is 18.8 Å². The lowest BCUT2D eigenvalue weighted by Crippen LogP contribution is -2.35. The van der Waals surface area contributed by atoms with E-state index in [1.807, 2.05) is 19.1 Å². The minimum atomic E-state index is 0.0229. The van der Waals surface area contributed by atoms with Crippen molar-refractivity contribution in [1.82, 2.24) is 20.0 Å². The molecular formula is C21H22N4O3. The van der Waals surface area contributed by atoms with Gasteiger partial charge in [-0.05, 0) is 43.0 Å². The van der Waals surface area contributed by atoms with Gasteiger partial charge in [0.2, 0.25) is 17.6 Å². The van der Waals surface area contributed by atoms with Crippen LogP contribution in [0.25, 0.3) is 22.5 Å². The standard InChI is InChI=1S/C21H22N4O3/c1-15(14-25-12-11-16-6-2-3-7-17(16)25)22-19(26)9-4-10-20-23-21(24-28-20)18-8-5-13-27-18/h2-3,5-8,11-13,15H,4,9-10,14H2,1H3,(H,22,26)/t15-/m1/s1. The van der Waals surface area contributed by atoms with E-state index in [1.165, 1.54) is 10.9 Å². The van der Waals surface area contributed by atoms with E-state index in [4.69, 9.17) is 8.94 Å². The zero-order chi connectivity index (χ0) is 19.3. The summed E-state index contributed by atoms with van der Waals surface area (Å²) < 4.78 is 12.6. The van der Waals surface area contributed by atoms with Gasteiger partial charge in [0.05, 0.1) is 6.26 Å². The average Bonchev–Trinajstić information content (AvgIpc) is 3.42. The number of carbonyl (C=O) groups is 1. The monoisotopic (exact) mass is 378 g/mol. The first-order chi connectivity index (χ1) is 13.7. The molecule has 1 N–H and O–H groups in total. The highest BCUT2D eigenvalue weighted by molar-refractivity contribution is 5.80. The van der Waals surface area contributed by atoms with Crippen LogP contribution in [0.4, 0.5) is 0 Å². The van der Waals surface area contributed by atoms with E-state index in [9.17, 15) is 4.79 Å². The molecule has 0 aliphatic heterocycles. The molecule has 4 rings (SSSR count). The predicted octanol–water partition coefficient (Wildman–Crippen LogP) is 3.81. The number of fused-ring (bicyclic) bond motifs is 1. The van der Waals surface area contributed by atoms with E-state index in [0.717, 1.165) is 6.54 Å². The maximum atomic E-state index is 12.2. The Kier molecular flexibility index (Phi) is 5.23. The van der Waals surface area contributed by atoms with E-state index in [0.29, 0.717) is 36.7 Å². The van der Waals surface area contributed by atoms with Crippen LogP contribution in [0.1, 0.15) is 25.7 Å². The molecule has 1 atom stereocenters. The van der Waals surface area contributed by atoms with Crippen LogP contribution in [0.2, 0.25) is 0 Å². The molecular weight excluding hydrogens is 356 g/mol. The summed E-state index contributed by atoms with van der Waals surface area (Å²) in [6.07, 6.45) is 5.23. The first-order valence-corrected chi connectivity index (χ1v) is 9.39. The Morgan fingerprint density at radius 2 is 2.11 bits per heavy atom. The summed E-state index contributed by atoms with van der Waals surface area (Å²) in [6.45, 7) is 2.75. The van der Waals surface area contributed by atoms with Crippen LogP contribution in [0.5, 0.6) is 0 Å². The van der Waals surface area contributed by atoms with Crippen molar-refractivity contribution < 1.29 is 13.7 Å². The van der Waals surface area contributed by atoms with Crippen LogP contribution < -0.4 is 5.32 Å². The van der Waals surface area contributed by atoms with Crippen LogP contribution in [0.3, 0.4) is 0 Å². The minimum Gasteiger partial charge on any atom is -0.461 e. The molecule has 144 valence electrons. The molecule has 0 saturated heterocycles. The van der Waals surface area contributed by atoms with E-state index in [-0.39, 0.29) is 11.9 Å². The number of hydrogen-bond acceptors (Lipinski definition) is 5. The van der Waals surface area contributed by atoms with Gasteiger partial charge in [0.1, 0.15) is 0 Å². The third kappa shape index (κ3) is 4.14. The molecule has 0 unspecified atom stereocenters. The fraction of sp³-hybridized carbons (Fsp3) is 0.286. The number of para-hydroxylation sites is 1. The average molecular weight is 378 g/mol. The van der Waals surface area contributed by atoms with Gasteiger partial charge in [0, 0.05) is 37.1 Å². The van der Waals surface area contributed by atoms with Crippen molar-refractivity contribution in [1.29, 1.82) is 0 Å². The number of nitrogens with zero attached hydrogens (tertiary/aromatic N) is 3. The number of nitrogens with one attached hydrogen (secondary N) is 1. The van der Waals surface area contributed by atoms with Crippen LogP contribution in [-0.4, -0.2) is 26.7 Å². The number of aryl methyl sites for hydroxylation is 1. The number of carbonyl (C=O) groups excluding carboxylic acids is 1. The van der Waals surface area contributed by atoms with Gasteiger partial charge in [-0.15, -0.1) is 0 Å². The first kappa shape index (κ1) is 18.0. The molecule has 0 radical (unpaired) electrons. The molecule has 0 spiro atoms. The van der Waals surface area contributed by atoms with Crippen molar-refractivity contribution in [2.45, 2.75) is 38.8 Å². The molecule has 1 amide bonds. The summed E-state index contributed by atoms with van der Waals surface area (Å²) in [4.78, 5) is 16.5. The van der Waals surface area contributed by atoms with Gasteiger partial charge in [-0.3, -0.25) is 4.79 Å². The van der Waals surface area contributed by atoms with Gasteiger partial charge in [0.25, 0.3) is 0 Å². The topological polar surface area (TPSA) is 86.1 Å². The molecule has 0 aliphatic rings. The SMILES string of the molecule is C[C@H](Cn1ccc2ccccc21)NC(=O)CCCc1nc(-c2ccco2)no1. The van der Waals surface area contributed by atoms with Crippen molar-refractivity contribution in [3.63, 3.8) is 0 Å². The van der Waals surface area contributed by atoms with E-state index in [2.05, 4.69) is 44.4 Å². The van der Waals surface area contributed by atoms with Crippen LogP contribution in [0, 0.1) is 0 Å². The van der Waals surface area contributed by atoms with E-state index < -0.39 is 0 Å². The van der Waals surface area contributed by atoms with Crippen molar-refractivity contribution in [2.75, 3.05) is 0 Å². The number of rotatable bonds is 8. The summed E-state index contributed by atoms with van der Waals surface area (Å²) >= 11 is 0. The van der Waals surface area contributed by atoms with Crippen LogP contribution in [0.15, 0.2) is 63.9 Å². The first-order valence-electron chi connectivity index (χ1n) is 9.39. The second-order valence-corrected chi connectivity index (χ2v) is 6.84. The predicted molar refractivity (Wildman–Crippen MR) is 104 cm³/mol. The zero-order valence-corrected chi connectivity index (χ0v) is 15.7. The lowest BCUT2D eigenvalue weighted by molar-refractivity contribution is -0.121. The number of aromatic nitrogens is 3. The second kappa shape index (κ2) is 8.12. The van der Waals surface area contributed by atoms with E-state index >= 15 is 0 Å². The molecule has 28 heavy (non-hydrogen) atoms. The maximum absolute atomic E-state index is 12.2. The van der Waals surface area contributed by atoms with Crippen molar-refractivity contribution in [2.24, 2.45) is 0 Å². The number of furan rings is 1. The number of amides is 1. The Labute approximate surface area is 162 Å². The Morgan fingerprint density at radius 1 is 1.21 bits per heavy atom. The van der Waals surface area contributed by atoms with Gasteiger partial charge >= 0.3 is 0 Å². The van der Waals surface area contributed by atoms with Gasteiger partial charge in [-0.2, -0.15) is 4.98 Å². The Morgan fingerprint density at radius 3 is 2.96 bits per heavy atom. The number of benzene rings is 1. The summed E-state index contributed by atoms with van der Waals surface area (Å²) in [5.74, 6) is 1.52. The molecule has 7 heteroatoms. The highest BCUT2D eigenvalue weighted by atomic mass is 16.5. The highest BCUT2D eigenvalue weighted by Gasteiger charge is 2.13. The molecule has 0 saturated carbocycles. The third-order valence-corrected chi connectivity index (χ3v) is 4.56. The quantitative estimate of drug-likeness (QED) is 0.504. The number of hydrogen-bond donors (Lipinski definition) is 1. The third-order valence-electron chi connectivity index (χ3n) is 4.56. The Bertz CT molecular complexity index is 1050. The molecule has 7 nitrogen and oxygen atoms in total. The zero-order valence-electron chi connectivity index (χ0n) is 15.7. The van der Waals surface area contributed by atoms with E-state index in [1.54, 1.807) is 18.4 Å². The largest absolute Gasteiger partial charge is 0.461 e. The lowest BCUT2D eigenvalue weighted by atomic mass is 10.2. The summed E-state index contributed by atoms with van der Waals surface area (Å²) in [5, 5.41) is 8.15. The van der Waals surface area contributed by atoms with Gasteiger partial charge in [0.15, 0.2) is 5.76 Å². The molecule has 1 aromatic carbocycles. The molecule has 3 aromatic heterocycles. The van der Waals surface area contributed by atoms with Crippen LogP contribution in [-0.2, 0) is 17.8 Å². The van der Waals surface area contributed by atoms with Crippen molar-refractivity contribution >= 4 is 16.8 Å². The fourth-order valence-electron chi connectivity index (χ4n) is 3.25. The summed E-state index contributed by atoms with van der Waals surface area (Å²) in [7, 11) is 0. The molecule has 0 fully saturated rings. The maximum Gasteiger partial charge on any atom is 0.238 e. The van der Waals surface area contributed by atoms with Gasteiger partial charge in [-0.25, -0.2) is 0 Å². The molecule has 4 aromatic rings. The molecule has 0 aliphatic carbocycles. The Balaban J connectivity index is 1.23.